The lowest BCUT2D eigenvalue weighted by Gasteiger charge is -2.16. The van der Waals surface area contributed by atoms with Crippen molar-refractivity contribution in [2.24, 2.45) is 5.73 Å². The van der Waals surface area contributed by atoms with E-state index in [2.05, 4.69) is 13.0 Å². The number of halogens is 2. The largest absolute Gasteiger partial charge is 0.324 e. The van der Waals surface area contributed by atoms with Crippen LogP contribution in [0.3, 0.4) is 0 Å². The third kappa shape index (κ3) is 3.34. The number of rotatable bonds is 4. The highest BCUT2D eigenvalue weighted by atomic mass is 35.5. The lowest BCUT2D eigenvalue weighted by molar-refractivity contribution is 0.622. The summed E-state index contributed by atoms with van der Waals surface area (Å²) in [7, 11) is 0. The number of hydrogen-bond acceptors (Lipinski definition) is 1. The zero-order valence-electron chi connectivity index (χ0n) is 10.9. The molecule has 3 heteroatoms. The summed E-state index contributed by atoms with van der Waals surface area (Å²) in [5, 5.41) is 0.145. The molecular formula is C16H17ClFN. The second kappa shape index (κ2) is 6.18. The van der Waals surface area contributed by atoms with E-state index in [0.29, 0.717) is 6.42 Å². The highest BCUT2D eigenvalue weighted by molar-refractivity contribution is 6.30. The van der Waals surface area contributed by atoms with Gasteiger partial charge in [0.05, 0.1) is 5.02 Å². The van der Waals surface area contributed by atoms with Crippen LogP contribution in [0.4, 0.5) is 4.39 Å². The van der Waals surface area contributed by atoms with Gasteiger partial charge in [-0.2, -0.15) is 0 Å². The van der Waals surface area contributed by atoms with E-state index in [1.54, 1.807) is 6.07 Å². The fourth-order valence-corrected chi connectivity index (χ4v) is 2.37. The van der Waals surface area contributed by atoms with Gasteiger partial charge in [0.25, 0.3) is 0 Å². The van der Waals surface area contributed by atoms with E-state index in [1.807, 2.05) is 24.3 Å². The van der Waals surface area contributed by atoms with Crippen LogP contribution in [-0.4, -0.2) is 0 Å². The van der Waals surface area contributed by atoms with Gasteiger partial charge in [0.15, 0.2) is 0 Å². The second-order valence-corrected chi connectivity index (χ2v) is 5.02. The van der Waals surface area contributed by atoms with Gasteiger partial charge in [-0.1, -0.05) is 48.9 Å². The Balaban J connectivity index is 2.20. The Kier molecular flexibility index (Phi) is 4.56. The molecule has 0 spiro atoms. The van der Waals surface area contributed by atoms with Crippen LogP contribution in [0.5, 0.6) is 0 Å². The average molecular weight is 278 g/mol. The molecule has 19 heavy (non-hydrogen) atoms. The molecule has 0 bridgehead atoms. The first-order chi connectivity index (χ1) is 9.11. The second-order valence-electron chi connectivity index (χ2n) is 4.61. The molecule has 0 heterocycles. The van der Waals surface area contributed by atoms with E-state index >= 15 is 0 Å². The molecule has 0 aliphatic heterocycles. The maximum Gasteiger partial charge on any atom is 0.142 e. The SMILES string of the molecule is CCc1ccccc1C(N)Cc1ccc(Cl)c(F)c1. The minimum absolute atomic E-state index is 0.128. The smallest absolute Gasteiger partial charge is 0.142 e. The van der Waals surface area contributed by atoms with Crippen LogP contribution in [0.15, 0.2) is 42.5 Å². The molecule has 0 aliphatic rings. The van der Waals surface area contributed by atoms with E-state index in [0.717, 1.165) is 17.5 Å². The quantitative estimate of drug-likeness (QED) is 0.887. The van der Waals surface area contributed by atoms with Crippen LogP contribution in [0.25, 0.3) is 0 Å². The van der Waals surface area contributed by atoms with Crippen LogP contribution >= 0.6 is 11.6 Å². The topological polar surface area (TPSA) is 26.0 Å². The van der Waals surface area contributed by atoms with Crippen molar-refractivity contribution in [1.29, 1.82) is 0 Å². The zero-order valence-corrected chi connectivity index (χ0v) is 11.6. The maximum absolute atomic E-state index is 13.4. The minimum atomic E-state index is -0.393. The van der Waals surface area contributed by atoms with E-state index in [4.69, 9.17) is 17.3 Å². The molecule has 100 valence electrons. The lowest BCUT2D eigenvalue weighted by Crippen LogP contribution is -2.15. The molecule has 1 atom stereocenters. The van der Waals surface area contributed by atoms with Crippen LogP contribution in [0, 0.1) is 5.82 Å². The van der Waals surface area contributed by atoms with Gasteiger partial charge in [0, 0.05) is 6.04 Å². The van der Waals surface area contributed by atoms with Gasteiger partial charge in [-0.05, 0) is 41.7 Å². The summed E-state index contributed by atoms with van der Waals surface area (Å²) in [6.45, 7) is 2.10. The molecular weight excluding hydrogens is 261 g/mol. The molecule has 0 amide bonds. The molecule has 2 N–H and O–H groups in total. The van der Waals surface area contributed by atoms with Crippen molar-refractivity contribution in [3.05, 3.63) is 70.0 Å². The summed E-state index contributed by atoms with van der Waals surface area (Å²) in [6, 6.07) is 12.8. The zero-order chi connectivity index (χ0) is 13.8. The molecule has 0 radical (unpaired) electrons. The number of benzene rings is 2. The molecule has 0 fully saturated rings. The Morgan fingerprint density at radius 3 is 2.63 bits per heavy atom. The molecule has 2 aromatic rings. The Morgan fingerprint density at radius 2 is 1.95 bits per heavy atom. The van der Waals surface area contributed by atoms with Crippen molar-refractivity contribution in [3.63, 3.8) is 0 Å². The Bertz CT molecular complexity index is 568. The van der Waals surface area contributed by atoms with E-state index in [9.17, 15) is 4.39 Å². The first kappa shape index (κ1) is 14.0. The third-order valence-electron chi connectivity index (χ3n) is 3.28. The third-order valence-corrected chi connectivity index (χ3v) is 3.58. The highest BCUT2D eigenvalue weighted by Crippen LogP contribution is 2.22. The number of nitrogens with two attached hydrogens (primary N) is 1. The van der Waals surface area contributed by atoms with Crippen LogP contribution < -0.4 is 5.73 Å². The van der Waals surface area contributed by atoms with Crippen LogP contribution in [0.1, 0.15) is 29.7 Å². The predicted octanol–water partition coefficient (Wildman–Crippen LogP) is 4.28. The fourth-order valence-electron chi connectivity index (χ4n) is 2.25. The Hall–Kier alpha value is -1.38. The van der Waals surface area contributed by atoms with Crippen molar-refractivity contribution < 1.29 is 4.39 Å². The summed E-state index contributed by atoms with van der Waals surface area (Å²) in [6.07, 6.45) is 1.55. The predicted molar refractivity (Wildman–Crippen MR) is 77.9 cm³/mol. The van der Waals surface area contributed by atoms with E-state index in [-0.39, 0.29) is 11.1 Å². The van der Waals surface area contributed by atoms with Gasteiger partial charge >= 0.3 is 0 Å². The molecule has 0 saturated heterocycles. The average Bonchev–Trinajstić information content (AvgIpc) is 2.43. The maximum atomic E-state index is 13.4. The van der Waals surface area contributed by atoms with Crippen molar-refractivity contribution in [1.82, 2.24) is 0 Å². The van der Waals surface area contributed by atoms with Gasteiger partial charge < -0.3 is 5.73 Å². The fraction of sp³-hybridized carbons (Fsp3) is 0.250. The Labute approximate surface area is 118 Å². The molecule has 0 aromatic heterocycles. The standard InChI is InChI=1S/C16H17ClFN/c1-2-12-5-3-4-6-13(12)16(19)10-11-7-8-14(17)15(18)9-11/h3-9,16H,2,10,19H2,1H3. The number of aryl methyl sites for hydroxylation is 1. The van der Waals surface area contributed by atoms with Gasteiger partial charge in [0.2, 0.25) is 0 Å². The van der Waals surface area contributed by atoms with Crippen molar-refractivity contribution in [3.8, 4) is 0 Å². The minimum Gasteiger partial charge on any atom is -0.324 e. The molecule has 1 nitrogen and oxygen atoms in total. The Morgan fingerprint density at radius 1 is 1.21 bits per heavy atom. The summed E-state index contributed by atoms with van der Waals surface area (Å²) >= 11 is 5.68. The molecule has 0 saturated carbocycles. The van der Waals surface area contributed by atoms with Gasteiger partial charge in [-0.25, -0.2) is 4.39 Å². The van der Waals surface area contributed by atoms with Gasteiger partial charge in [-0.15, -0.1) is 0 Å². The van der Waals surface area contributed by atoms with E-state index < -0.39 is 5.82 Å². The molecule has 2 rings (SSSR count). The molecule has 0 aliphatic carbocycles. The van der Waals surface area contributed by atoms with Crippen molar-refractivity contribution >= 4 is 11.6 Å². The van der Waals surface area contributed by atoms with Crippen LogP contribution in [0.2, 0.25) is 5.02 Å². The first-order valence-corrected chi connectivity index (χ1v) is 6.77. The summed E-state index contributed by atoms with van der Waals surface area (Å²) in [5.41, 5.74) is 9.46. The van der Waals surface area contributed by atoms with Crippen molar-refractivity contribution in [2.45, 2.75) is 25.8 Å². The summed E-state index contributed by atoms with van der Waals surface area (Å²) in [4.78, 5) is 0. The van der Waals surface area contributed by atoms with Gasteiger partial charge in [0.1, 0.15) is 5.82 Å². The molecule has 1 unspecified atom stereocenters. The number of hydrogen-bond donors (Lipinski definition) is 1. The van der Waals surface area contributed by atoms with Crippen LogP contribution in [-0.2, 0) is 12.8 Å². The first-order valence-electron chi connectivity index (χ1n) is 6.39. The van der Waals surface area contributed by atoms with E-state index in [1.165, 1.54) is 11.6 Å². The summed E-state index contributed by atoms with van der Waals surface area (Å²) in [5.74, 6) is -0.393. The highest BCUT2D eigenvalue weighted by Gasteiger charge is 2.11. The normalized spacial score (nSPS) is 12.4. The summed E-state index contributed by atoms with van der Waals surface area (Å²) < 4.78 is 13.4. The lowest BCUT2D eigenvalue weighted by atomic mass is 9.94. The van der Waals surface area contributed by atoms with Gasteiger partial charge in [-0.3, -0.25) is 0 Å². The monoisotopic (exact) mass is 277 g/mol. The van der Waals surface area contributed by atoms with Crippen molar-refractivity contribution in [2.75, 3.05) is 0 Å². The molecule has 2 aromatic carbocycles.